The Hall–Kier alpha value is -0.740. The van der Waals surface area contributed by atoms with Crippen molar-refractivity contribution in [3.05, 3.63) is 22.2 Å². The van der Waals surface area contributed by atoms with E-state index >= 15 is 0 Å². The van der Waals surface area contributed by atoms with Gasteiger partial charge in [-0.05, 0) is 52.5 Å². The van der Waals surface area contributed by atoms with E-state index in [2.05, 4.69) is 33.4 Å². The summed E-state index contributed by atoms with van der Waals surface area (Å²) in [6.07, 6.45) is 7.03. The normalized spacial score (nSPS) is 18.4. The average molecular weight is 340 g/mol. The van der Waals surface area contributed by atoms with E-state index in [4.69, 9.17) is 9.47 Å². The largest absolute Gasteiger partial charge is 0.486 e. The molecule has 0 spiro atoms. The molecule has 4 heteroatoms. The predicted octanol–water partition coefficient (Wildman–Crippen LogP) is 3.89. The molecule has 0 amide bonds. The quantitative estimate of drug-likeness (QED) is 0.825. The van der Waals surface area contributed by atoms with Gasteiger partial charge in [0, 0.05) is 6.54 Å². The Labute approximate surface area is 129 Å². The molecule has 1 aromatic rings. The lowest BCUT2D eigenvalue weighted by Gasteiger charge is -2.20. The van der Waals surface area contributed by atoms with Gasteiger partial charge in [-0.15, -0.1) is 0 Å². The highest BCUT2D eigenvalue weighted by Crippen LogP contribution is 2.38. The fourth-order valence-corrected chi connectivity index (χ4v) is 3.71. The first kappa shape index (κ1) is 14.2. The molecule has 110 valence electrons. The van der Waals surface area contributed by atoms with Crippen LogP contribution in [0, 0.1) is 5.92 Å². The maximum Gasteiger partial charge on any atom is 0.175 e. The van der Waals surface area contributed by atoms with E-state index in [9.17, 15) is 0 Å². The molecular formula is C16H22BrNO2. The third kappa shape index (κ3) is 3.47. The van der Waals surface area contributed by atoms with Crippen LogP contribution < -0.4 is 14.8 Å². The number of fused-ring (bicyclic) bond motifs is 1. The third-order valence-electron chi connectivity index (χ3n) is 4.19. The summed E-state index contributed by atoms with van der Waals surface area (Å²) in [4.78, 5) is 0. The zero-order valence-electron chi connectivity index (χ0n) is 11.8. The van der Waals surface area contributed by atoms with Crippen molar-refractivity contribution in [2.45, 2.75) is 38.6 Å². The van der Waals surface area contributed by atoms with Crippen LogP contribution in [0.5, 0.6) is 11.5 Å². The van der Waals surface area contributed by atoms with E-state index in [1.807, 2.05) is 0 Å². The number of benzene rings is 1. The first-order valence-corrected chi connectivity index (χ1v) is 8.41. The number of ether oxygens (including phenoxy) is 2. The fraction of sp³-hybridized carbons (Fsp3) is 0.625. The topological polar surface area (TPSA) is 30.5 Å². The van der Waals surface area contributed by atoms with Crippen LogP contribution >= 0.6 is 15.9 Å². The van der Waals surface area contributed by atoms with Gasteiger partial charge in [0.15, 0.2) is 11.5 Å². The molecule has 0 aromatic heterocycles. The molecule has 0 saturated heterocycles. The van der Waals surface area contributed by atoms with Crippen LogP contribution in [-0.2, 0) is 6.54 Å². The molecule has 20 heavy (non-hydrogen) atoms. The second-order valence-electron chi connectivity index (χ2n) is 5.72. The molecule has 3 rings (SSSR count). The Morgan fingerprint density at radius 3 is 2.80 bits per heavy atom. The highest BCUT2D eigenvalue weighted by molar-refractivity contribution is 9.10. The van der Waals surface area contributed by atoms with E-state index in [0.29, 0.717) is 13.2 Å². The predicted molar refractivity (Wildman–Crippen MR) is 83.4 cm³/mol. The van der Waals surface area contributed by atoms with Crippen molar-refractivity contribution >= 4 is 15.9 Å². The zero-order chi connectivity index (χ0) is 13.8. The smallest absolute Gasteiger partial charge is 0.175 e. The SMILES string of the molecule is Brc1cc(CNCCC2CCCC2)cc2c1OCCO2. The lowest BCUT2D eigenvalue weighted by atomic mass is 10.0. The van der Waals surface area contributed by atoms with Crippen LogP contribution in [0.25, 0.3) is 0 Å². The number of rotatable bonds is 5. The van der Waals surface area contributed by atoms with Gasteiger partial charge < -0.3 is 14.8 Å². The first-order chi connectivity index (χ1) is 9.83. The molecule has 1 aromatic carbocycles. The Bertz CT molecular complexity index is 458. The molecule has 1 aliphatic carbocycles. The number of hydrogen-bond donors (Lipinski definition) is 1. The van der Waals surface area contributed by atoms with Gasteiger partial charge in [0.05, 0.1) is 4.47 Å². The second kappa shape index (κ2) is 6.81. The summed E-state index contributed by atoms with van der Waals surface area (Å²) in [6, 6.07) is 4.21. The minimum atomic E-state index is 0.630. The van der Waals surface area contributed by atoms with Crippen LogP contribution in [0.15, 0.2) is 16.6 Å². The van der Waals surface area contributed by atoms with Crippen LogP contribution in [0.4, 0.5) is 0 Å². The highest BCUT2D eigenvalue weighted by atomic mass is 79.9. The van der Waals surface area contributed by atoms with Gasteiger partial charge in [-0.2, -0.15) is 0 Å². The maximum absolute atomic E-state index is 5.65. The molecule has 0 unspecified atom stereocenters. The molecule has 0 bridgehead atoms. The molecule has 0 radical (unpaired) electrons. The molecule has 1 fully saturated rings. The van der Waals surface area contributed by atoms with Crippen molar-refractivity contribution in [3.63, 3.8) is 0 Å². The molecule has 3 nitrogen and oxygen atoms in total. The van der Waals surface area contributed by atoms with Gasteiger partial charge in [-0.25, -0.2) is 0 Å². The highest BCUT2D eigenvalue weighted by Gasteiger charge is 2.16. The van der Waals surface area contributed by atoms with Crippen molar-refractivity contribution in [3.8, 4) is 11.5 Å². The van der Waals surface area contributed by atoms with Gasteiger partial charge in [-0.1, -0.05) is 25.7 Å². The summed E-state index contributed by atoms with van der Waals surface area (Å²) < 4.78 is 12.2. The van der Waals surface area contributed by atoms with Crippen LogP contribution in [0.1, 0.15) is 37.7 Å². The Balaban J connectivity index is 1.51. The summed E-state index contributed by atoms with van der Waals surface area (Å²) in [5.74, 6) is 2.65. The molecule has 1 N–H and O–H groups in total. The molecule has 2 aliphatic rings. The Kier molecular flexibility index (Phi) is 4.84. The monoisotopic (exact) mass is 339 g/mol. The van der Waals surface area contributed by atoms with Gasteiger partial charge in [0.25, 0.3) is 0 Å². The second-order valence-corrected chi connectivity index (χ2v) is 6.57. The van der Waals surface area contributed by atoms with Gasteiger partial charge in [-0.3, -0.25) is 0 Å². The van der Waals surface area contributed by atoms with Gasteiger partial charge in [0.2, 0.25) is 0 Å². The zero-order valence-corrected chi connectivity index (χ0v) is 13.4. The lowest BCUT2D eigenvalue weighted by molar-refractivity contribution is 0.170. The van der Waals surface area contributed by atoms with E-state index < -0.39 is 0 Å². The van der Waals surface area contributed by atoms with Crippen molar-refractivity contribution in [1.82, 2.24) is 5.32 Å². The third-order valence-corrected chi connectivity index (χ3v) is 4.78. The number of hydrogen-bond acceptors (Lipinski definition) is 3. The first-order valence-electron chi connectivity index (χ1n) is 7.61. The van der Waals surface area contributed by atoms with Crippen LogP contribution in [0.3, 0.4) is 0 Å². The van der Waals surface area contributed by atoms with Gasteiger partial charge >= 0.3 is 0 Å². The van der Waals surface area contributed by atoms with Crippen molar-refractivity contribution in [1.29, 1.82) is 0 Å². The molecule has 1 saturated carbocycles. The minimum Gasteiger partial charge on any atom is -0.486 e. The maximum atomic E-state index is 5.65. The van der Waals surface area contributed by atoms with Crippen molar-refractivity contribution in [2.24, 2.45) is 5.92 Å². The summed E-state index contributed by atoms with van der Waals surface area (Å²) in [7, 11) is 0. The average Bonchev–Trinajstić information content (AvgIpc) is 2.97. The summed E-state index contributed by atoms with van der Waals surface area (Å²) >= 11 is 3.56. The fourth-order valence-electron chi connectivity index (χ4n) is 3.10. The molecule has 1 heterocycles. The minimum absolute atomic E-state index is 0.630. The van der Waals surface area contributed by atoms with Gasteiger partial charge in [0.1, 0.15) is 13.2 Å². The molecule has 1 aliphatic heterocycles. The number of halogens is 1. The van der Waals surface area contributed by atoms with Crippen molar-refractivity contribution < 1.29 is 9.47 Å². The van der Waals surface area contributed by atoms with E-state index in [1.54, 1.807) is 0 Å². The van der Waals surface area contributed by atoms with E-state index in [1.165, 1.54) is 37.7 Å². The lowest BCUT2D eigenvalue weighted by Crippen LogP contribution is -2.18. The molecular weight excluding hydrogens is 318 g/mol. The standard InChI is InChI=1S/C16H22BrNO2/c17-14-9-13(10-15-16(14)20-8-7-19-15)11-18-6-5-12-3-1-2-4-12/h9-10,12,18H,1-8,11H2. The van der Waals surface area contributed by atoms with Crippen molar-refractivity contribution in [2.75, 3.05) is 19.8 Å². The summed E-state index contributed by atoms with van der Waals surface area (Å²) in [6.45, 7) is 3.27. The van der Waals surface area contributed by atoms with Crippen LogP contribution in [-0.4, -0.2) is 19.8 Å². The number of nitrogens with one attached hydrogen (secondary N) is 1. The van der Waals surface area contributed by atoms with E-state index in [0.717, 1.165) is 35.0 Å². The molecule has 0 atom stereocenters. The van der Waals surface area contributed by atoms with Crippen LogP contribution in [0.2, 0.25) is 0 Å². The summed E-state index contributed by atoms with van der Waals surface area (Å²) in [5, 5.41) is 3.55. The summed E-state index contributed by atoms with van der Waals surface area (Å²) in [5.41, 5.74) is 1.24. The Morgan fingerprint density at radius 2 is 1.95 bits per heavy atom. The Morgan fingerprint density at radius 1 is 1.15 bits per heavy atom. The van der Waals surface area contributed by atoms with E-state index in [-0.39, 0.29) is 0 Å².